The number of halogens is 2. The summed E-state index contributed by atoms with van der Waals surface area (Å²) in [6, 6.07) is 1.78. The lowest BCUT2D eigenvalue weighted by Crippen LogP contribution is -1.96. The van der Waals surface area contributed by atoms with Crippen molar-refractivity contribution < 1.29 is 5.11 Å². The summed E-state index contributed by atoms with van der Waals surface area (Å²) in [5, 5.41) is 10.1. The first-order chi connectivity index (χ1) is 9.65. The van der Waals surface area contributed by atoms with Crippen molar-refractivity contribution in [1.29, 1.82) is 0 Å². The molecule has 20 heavy (non-hydrogen) atoms. The van der Waals surface area contributed by atoms with Crippen molar-refractivity contribution in [3.05, 3.63) is 20.3 Å². The van der Waals surface area contributed by atoms with Gasteiger partial charge in [0.1, 0.15) is 4.34 Å². The van der Waals surface area contributed by atoms with Crippen molar-refractivity contribution in [3.8, 4) is 0 Å². The van der Waals surface area contributed by atoms with Crippen LogP contribution in [-0.4, -0.2) is 5.11 Å². The highest BCUT2D eigenvalue weighted by atomic mass is 35.5. The molecule has 1 unspecified atom stereocenters. The Kier molecular flexibility index (Phi) is 9.96. The Morgan fingerprint density at radius 2 is 1.55 bits per heavy atom. The average molecular weight is 337 g/mol. The molecule has 0 aliphatic carbocycles. The molecule has 0 spiro atoms. The molecule has 1 atom stereocenters. The van der Waals surface area contributed by atoms with E-state index in [1.807, 2.05) is 0 Å². The first-order valence-corrected chi connectivity index (χ1v) is 9.35. The Balaban J connectivity index is 2.02. The molecule has 1 heterocycles. The molecule has 0 radical (unpaired) electrons. The van der Waals surface area contributed by atoms with Crippen LogP contribution in [0.1, 0.15) is 82.8 Å². The normalized spacial score (nSPS) is 12.8. The Bertz CT molecular complexity index is 365. The predicted molar refractivity (Wildman–Crippen MR) is 91.1 cm³/mol. The van der Waals surface area contributed by atoms with Gasteiger partial charge in [0, 0.05) is 5.56 Å². The molecule has 0 aliphatic heterocycles. The second-order valence-electron chi connectivity index (χ2n) is 5.41. The second-order valence-corrected chi connectivity index (χ2v) is 7.70. The van der Waals surface area contributed by atoms with Gasteiger partial charge in [-0.25, -0.2) is 0 Å². The molecule has 1 nitrogen and oxygen atoms in total. The highest BCUT2D eigenvalue weighted by Gasteiger charge is 2.14. The molecule has 1 rings (SSSR count). The van der Waals surface area contributed by atoms with Gasteiger partial charge in [-0.2, -0.15) is 0 Å². The van der Waals surface area contributed by atoms with Crippen molar-refractivity contribution in [3.63, 3.8) is 0 Å². The quantitative estimate of drug-likeness (QED) is 0.431. The monoisotopic (exact) mass is 336 g/mol. The van der Waals surface area contributed by atoms with E-state index in [1.54, 1.807) is 6.07 Å². The SMILES string of the molecule is CCCCCCCCCCCC(O)c1cc(Cl)sc1Cl. The van der Waals surface area contributed by atoms with E-state index in [9.17, 15) is 5.11 Å². The topological polar surface area (TPSA) is 20.2 Å². The Labute approximate surface area is 137 Å². The van der Waals surface area contributed by atoms with Crippen LogP contribution in [0.25, 0.3) is 0 Å². The maximum atomic E-state index is 10.1. The van der Waals surface area contributed by atoms with Gasteiger partial charge >= 0.3 is 0 Å². The minimum Gasteiger partial charge on any atom is -0.388 e. The zero-order chi connectivity index (χ0) is 14.8. The number of aliphatic hydroxyl groups is 1. The van der Waals surface area contributed by atoms with Crippen LogP contribution in [-0.2, 0) is 0 Å². The minimum atomic E-state index is -0.462. The van der Waals surface area contributed by atoms with Crippen LogP contribution in [0.4, 0.5) is 0 Å². The molecule has 0 saturated carbocycles. The van der Waals surface area contributed by atoms with E-state index in [0.717, 1.165) is 18.4 Å². The Morgan fingerprint density at radius 1 is 1.00 bits per heavy atom. The lowest BCUT2D eigenvalue weighted by molar-refractivity contribution is 0.164. The van der Waals surface area contributed by atoms with Crippen LogP contribution in [0.15, 0.2) is 6.07 Å². The van der Waals surface area contributed by atoms with Crippen molar-refractivity contribution in [1.82, 2.24) is 0 Å². The fourth-order valence-electron chi connectivity index (χ4n) is 2.38. The third-order valence-corrected chi connectivity index (χ3v) is 5.14. The number of aliphatic hydroxyl groups excluding tert-OH is 1. The van der Waals surface area contributed by atoms with Gasteiger partial charge in [-0.1, -0.05) is 87.9 Å². The number of hydrogen-bond donors (Lipinski definition) is 1. The Hall–Kier alpha value is 0.240. The summed E-state index contributed by atoms with van der Waals surface area (Å²) in [5.74, 6) is 0. The largest absolute Gasteiger partial charge is 0.388 e. The molecule has 0 aliphatic rings. The standard InChI is InChI=1S/C16H26Cl2OS/c1-2-3-4-5-6-7-8-9-10-11-14(19)13-12-15(17)20-16(13)18/h12,14,19H,2-11H2,1H3. The van der Waals surface area contributed by atoms with Gasteiger partial charge < -0.3 is 5.11 Å². The van der Waals surface area contributed by atoms with Gasteiger partial charge in [-0.05, 0) is 12.5 Å². The maximum Gasteiger partial charge on any atom is 0.100 e. The van der Waals surface area contributed by atoms with Crippen LogP contribution in [0.2, 0.25) is 8.67 Å². The molecule has 0 saturated heterocycles. The van der Waals surface area contributed by atoms with E-state index in [2.05, 4.69) is 6.92 Å². The van der Waals surface area contributed by atoms with Gasteiger partial charge in [0.05, 0.1) is 10.4 Å². The van der Waals surface area contributed by atoms with Gasteiger partial charge in [0.15, 0.2) is 0 Å². The molecule has 116 valence electrons. The summed E-state index contributed by atoms with van der Waals surface area (Å²) in [7, 11) is 0. The molecule has 0 bridgehead atoms. The van der Waals surface area contributed by atoms with E-state index in [4.69, 9.17) is 23.2 Å². The summed E-state index contributed by atoms with van der Waals surface area (Å²) in [4.78, 5) is 0. The van der Waals surface area contributed by atoms with Gasteiger partial charge in [-0.15, -0.1) is 11.3 Å². The predicted octanol–water partition coefficient (Wildman–Crippen LogP) is 7.01. The molecule has 1 N–H and O–H groups in total. The fraction of sp³-hybridized carbons (Fsp3) is 0.750. The van der Waals surface area contributed by atoms with Crippen molar-refractivity contribution in [2.24, 2.45) is 0 Å². The fourth-order valence-corrected chi connectivity index (χ4v) is 3.95. The van der Waals surface area contributed by atoms with Crippen LogP contribution >= 0.6 is 34.5 Å². The van der Waals surface area contributed by atoms with E-state index in [0.29, 0.717) is 8.67 Å². The van der Waals surface area contributed by atoms with Gasteiger partial charge in [-0.3, -0.25) is 0 Å². The molecular formula is C16H26Cl2OS. The van der Waals surface area contributed by atoms with Crippen molar-refractivity contribution >= 4 is 34.5 Å². The first kappa shape index (κ1) is 18.3. The van der Waals surface area contributed by atoms with E-state index in [-0.39, 0.29) is 0 Å². The van der Waals surface area contributed by atoms with E-state index in [1.165, 1.54) is 62.7 Å². The average Bonchev–Trinajstić information content (AvgIpc) is 2.75. The number of unbranched alkanes of at least 4 members (excludes halogenated alkanes) is 8. The molecule has 0 amide bonds. The lowest BCUT2D eigenvalue weighted by Gasteiger charge is -2.09. The molecule has 1 aromatic rings. The highest BCUT2D eigenvalue weighted by molar-refractivity contribution is 7.20. The van der Waals surface area contributed by atoms with Gasteiger partial charge in [0.2, 0.25) is 0 Å². The van der Waals surface area contributed by atoms with Crippen molar-refractivity contribution in [2.75, 3.05) is 0 Å². The van der Waals surface area contributed by atoms with Gasteiger partial charge in [0.25, 0.3) is 0 Å². The summed E-state index contributed by atoms with van der Waals surface area (Å²) >= 11 is 13.2. The summed E-state index contributed by atoms with van der Waals surface area (Å²) in [6.45, 7) is 2.25. The number of thiophene rings is 1. The summed E-state index contributed by atoms with van der Waals surface area (Å²) in [6.07, 6.45) is 12.0. The summed E-state index contributed by atoms with van der Waals surface area (Å²) < 4.78 is 1.27. The van der Waals surface area contributed by atoms with Crippen LogP contribution in [0, 0.1) is 0 Å². The first-order valence-electron chi connectivity index (χ1n) is 7.78. The van der Waals surface area contributed by atoms with Crippen LogP contribution < -0.4 is 0 Å². The van der Waals surface area contributed by atoms with Crippen LogP contribution in [0.3, 0.4) is 0 Å². The third-order valence-electron chi connectivity index (χ3n) is 3.62. The van der Waals surface area contributed by atoms with Crippen LogP contribution in [0.5, 0.6) is 0 Å². The zero-order valence-corrected chi connectivity index (χ0v) is 14.7. The third kappa shape index (κ3) is 7.31. The smallest absolute Gasteiger partial charge is 0.100 e. The molecular weight excluding hydrogens is 311 g/mol. The van der Waals surface area contributed by atoms with E-state index >= 15 is 0 Å². The molecule has 0 aromatic carbocycles. The summed E-state index contributed by atoms with van der Waals surface area (Å²) in [5.41, 5.74) is 0.793. The number of hydrogen-bond acceptors (Lipinski definition) is 2. The highest BCUT2D eigenvalue weighted by Crippen LogP contribution is 2.36. The number of rotatable bonds is 11. The zero-order valence-electron chi connectivity index (χ0n) is 12.3. The lowest BCUT2D eigenvalue weighted by atomic mass is 10.0. The second kappa shape index (κ2) is 10.9. The Morgan fingerprint density at radius 3 is 2.05 bits per heavy atom. The van der Waals surface area contributed by atoms with E-state index < -0.39 is 6.10 Å². The maximum absolute atomic E-state index is 10.1. The van der Waals surface area contributed by atoms with Crippen molar-refractivity contribution in [2.45, 2.75) is 77.2 Å². The minimum absolute atomic E-state index is 0.462. The molecule has 0 fully saturated rings. The molecule has 1 aromatic heterocycles. The molecule has 4 heteroatoms.